The molecule has 0 amide bonds. The number of rotatable bonds is 1. The lowest BCUT2D eigenvalue weighted by atomic mass is 10.00. The van der Waals surface area contributed by atoms with Crippen LogP contribution in [0.2, 0.25) is 0 Å². The number of benzene rings is 2. The largest absolute Gasteiger partial charge is 0.507 e. The fraction of sp³-hybridized carbons (Fsp3) is 0.188. The maximum Gasteiger partial charge on any atom is 0.196 e. The van der Waals surface area contributed by atoms with Crippen LogP contribution in [0.4, 0.5) is 0 Å². The van der Waals surface area contributed by atoms with Crippen LogP contribution in [0, 0.1) is 13.8 Å². The molecule has 1 aromatic heterocycles. The van der Waals surface area contributed by atoms with Crippen LogP contribution in [0.5, 0.6) is 17.2 Å². The molecule has 5 heteroatoms. The zero-order chi connectivity index (χ0) is 15.3. The van der Waals surface area contributed by atoms with Crippen LogP contribution in [0.25, 0.3) is 21.7 Å². The van der Waals surface area contributed by atoms with Gasteiger partial charge in [0.05, 0.1) is 12.5 Å². The molecule has 0 fully saturated rings. The first-order valence-electron chi connectivity index (χ1n) is 6.40. The maximum atomic E-state index is 12.1. The van der Waals surface area contributed by atoms with Gasteiger partial charge in [-0.05, 0) is 30.9 Å². The number of hydrogen-bond acceptors (Lipinski definition) is 5. The van der Waals surface area contributed by atoms with Gasteiger partial charge in [0, 0.05) is 12.1 Å². The van der Waals surface area contributed by atoms with Crippen LogP contribution >= 0.6 is 0 Å². The molecule has 0 saturated heterocycles. The van der Waals surface area contributed by atoms with Gasteiger partial charge in [0.2, 0.25) is 0 Å². The highest BCUT2D eigenvalue weighted by atomic mass is 16.5. The van der Waals surface area contributed by atoms with E-state index in [-0.39, 0.29) is 33.3 Å². The Morgan fingerprint density at radius 2 is 1.81 bits per heavy atom. The van der Waals surface area contributed by atoms with Gasteiger partial charge in [0.25, 0.3) is 0 Å². The van der Waals surface area contributed by atoms with Gasteiger partial charge in [-0.15, -0.1) is 0 Å². The maximum absolute atomic E-state index is 12.1. The Morgan fingerprint density at radius 3 is 2.48 bits per heavy atom. The Bertz CT molecular complexity index is 937. The van der Waals surface area contributed by atoms with E-state index in [1.807, 2.05) is 0 Å². The summed E-state index contributed by atoms with van der Waals surface area (Å²) in [5, 5.41) is 21.4. The molecule has 0 aliphatic rings. The number of ether oxygens (including phenoxy) is 1. The summed E-state index contributed by atoms with van der Waals surface area (Å²) in [7, 11) is 1.50. The van der Waals surface area contributed by atoms with E-state index in [1.165, 1.54) is 19.2 Å². The zero-order valence-corrected chi connectivity index (χ0v) is 11.9. The van der Waals surface area contributed by atoms with E-state index in [0.717, 1.165) is 5.56 Å². The van der Waals surface area contributed by atoms with Crippen molar-refractivity contribution in [2.45, 2.75) is 13.8 Å². The molecule has 2 aromatic carbocycles. The zero-order valence-electron chi connectivity index (χ0n) is 11.9. The van der Waals surface area contributed by atoms with Gasteiger partial charge in [-0.3, -0.25) is 4.79 Å². The first-order valence-corrected chi connectivity index (χ1v) is 6.40. The Balaban J connectivity index is 2.63. The van der Waals surface area contributed by atoms with Gasteiger partial charge in [0.15, 0.2) is 5.43 Å². The minimum atomic E-state index is -0.346. The monoisotopic (exact) mass is 286 g/mol. The third kappa shape index (κ3) is 1.81. The van der Waals surface area contributed by atoms with E-state index < -0.39 is 0 Å². The van der Waals surface area contributed by atoms with Crippen molar-refractivity contribution in [1.82, 2.24) is 0 Å². The summed E-state index contributed by atoms with van der Waals surface area (Å²) in [6, 6.07) is 4.36. The summed E-state index contributed by atoms with van der Waals surface area (Å²) in [5.74, 6) is 0.524. The lowest BCUT2D eigenvalue weighted by Gasteiger charge is -2.12. The summed E-state index contributed by atoms with van der Waals surface area (Å²) >= 11 is 0. The third-order valence-corrected chi connectivity index (χ3v) is 3.63. The second-order valence-electron chi connectivity index (χ2n) is 4.97. The van der Waals surface area contributed by atoms with Gasteiger partial charge < -0.3 is 19.4 Å². The van der Waals surface area contributed by atoms with E-state index >= 15 is 0 Å². The molecular weight excluding hydrogens is 272 g/mol. The number of hydrogen-bond donors (Lipinski definition) is 2. The van der Waals surface area contributed by atoms with Crippen molar-refractivity contribution in [3.8, 4) is 17.2 Å². The predicted molar refractivity (Wildman–Crippen MR) is 79.3 cm³/mol. The second kappa shape index (κ2) is 4.41. The quantitative estimate of drug-likeness (QED) is 0.672. The summed E-state index contributed by atoms with van der Waals surface area (Å²) in [6.07, 6.45) is 0. The first kappa shape index (κ1) is 13.3. The van der Waals surface area contributed by atoms with Gasteiger partial charge in [0.1, 0.15) is 34.0 Å². The van der Waals surface area contributed by atoms with Crippen molar-refractivity contribution in [3.63, 3.8) is 0 Å². The minimum Gasteiger partial charge on any atom is -0.507 e. The number of phenolic OH excluding ortho intramolecular Hbond substituents is 2. The van der Waals surface area contributed by atoms with Crippen LogP contribution in [0.1, 0.15) is 11.3 Å². The van der Waals surface area contributed by atoms with E-state index in [1.54, 1.807) is 19.9 Å². The third-order valence-electron chi connectivity index (χ3n) is 3.63. The molecule has 1 heterocycles. The average Bonchev–Trinajstić information content (AvgIpc) is 2.41. The summed E-state index contributed by atoms with van der Waals surface area (Å²) in [6.45, 7) is 3.47. The highest BCUT2D eigenvalue weighted by Crippen LogP contribution is 2.42. The van der Waals surface area contributed by atoms with Crippen molar-refractivity contribution < 1.29 is 19.4 Å². The molecule has 0 unspecified atom stereocenters. The summed E-state index contributed by atoms with van der Waals surface area (Å²) < 4.78 is 10.7. The van der Waals surface area contributed by atoms with Gasteiger partial charge in [-0.1, -0.05) is 0 Å². The number of aryl methyl sites for hydroxylation is 2. The lowest BCUT2D eigenvalue weighted by molar-refractivity contribution is 0.406. The van der Waals surface area contributed by atoms with Crippen molar-refractivity contribution in [3.05, 3.63) is 39.7 Å². The molecule has 0 spiro atoms. The van der Waals surface area contributed by atoms with Crippen LogP contribution < -0.4 is 10.2 Å². The summed E-state index contributed by atoms with van der Waals surface area (Å²) in [4.78, 5) is 12.1. The predicted octanol–water partition coefficient (Wildman–Crippen LogP) is 2.98. The van der Waals surface area contributed by atoms with Crippen molar-refractivity contribution >= 4 is 21.7 Å². The Hall–Kier alpha value is -2.69. The van der Waals surface area contributed by atoms with Gasteiger partial charge in [-0.25, -0.2) is 0 Å². The van der Waals surface area contributed by atoms with Crippen molar-refractivity contribution in [1.29, 1.82) is 0 Å². The molecule has 3 aromatic rings. The minimum absolute atomic E-state index is 0.0629. The van der Waals surface area contributed by atoms with Crippen LogP contribution in [0.3, 0.4) is 0 Å². The Labute approximate surface area is 120 Å². The number of aromatic hydroxyl groups is 2. The number of fused-ring (bicyclic) bond motifs is 2. The number of phenols is 2. The molecule has 2 N–H and O–H groups in total. The standard InChI is InChI=1S/C16H14O5/c1-7-4-10(17)15-13(21-7)5-9-8(2)12(20-3)6-11(18)14(9)16(15)19/h4-6,18-19H,1-3H3. The average molecular weight is 286 g/mol. The van der Waals surface area contributed by atoms with Crippen LogP contribution in [0.15, 0.2) is 27.4 Å². The molecule has 0 aliphatic heterocycles. The molecule has 3 rings (SSSR count). The van der Waals surface area contributed by atoms with Crippen LogP contribution in [-0.2, 0) is 0 Å². The van der Waals surface area contributed by atoms with Gasteiger partial charge >= 0.3 is 0 Å². The highest BCUT2D eigenvalue weighted by molar-refractivity contribution is 6.07. The molecule has 0 saturated carbocycles. The Morgan fingerprint density at radius 1 is 1.10 bits per heavy atom. The lowest BCUT2D eigenvalue weighted by Crippen LogP contribution is -2.01. The normalized spacial score (nSPS) is 11.2. The first-order chi connectivity index (χ1) is 9.93. The van der Waals surface area contributed by atoms with E-state index in [2.05, 4.69) is 0 Å². The topological polar surface area (TPSA) is 79.9 Å². The van der Waals surface area contributed by atoms with Crippen LogP contribution in [-0.4, -0.2) is 17.3 Å². The molecule has 108 valence electrons. The molecule has 21 heavy (non-hydrogen) atoms. The highest BCUT2D eigenvalue weighted by Gasteiger charge is 2.18. The molecular formula is C16H14O5. The molecule has 0 atom stereocenters. The van der Waals surface area contributed by atoms with E-state index in [9.17, 15) is 15.0 Å². The molecule has 0 aliphatic carbocycles. The Kier molecular flexibility index (Phi) is 2.79. The molecule has 5 nitrogen and oxygen atoms in total. The fourth-order valence-corrected chi connectivity index (χ4v) is 2.63. The van der Waals surface area contributed by atoms with Crippen molar-refractivity contribution in [2.75, 3.05) is 7.11 Å². The second-order valence-corrected chi connectivity index (χ2v) is 4.97. The smallest absolute Gasteiger partial charge is 0.196 e. The van der Waals surface area contributed by atoms with E-state index in [0.29, 0.717) is 16.9 Å². The van der Waals surface area contributed by atoms with Gasteiger partial charge in [-0.2, -0.15) is 0 Å². The number of methoxy groups -OCH3 is 1. The molecule has 0 bridgehead atoms. The van der Waals surface area contributed by atoms with E-state index in [4.69, 9.17) is 9.15 Å². The fourth-order valence-electron chi connectivity index (χ4n) is 2.63. The summed E-state index contributed by atoms with van der Waals surface area (Å²) in [5.41, 5.74) is 0.674. The molecule has 0 radical (unpaired) electrons. The van der Waals surface area contributed by atoms with Crippen molar-refractivity contribution in [2.24, 2.45) is 0 Å². The SMILES string of the molecule is COc1cc(O)c2c(O)c3c(=O)cc(C)oc3cc2c1C.